The van der Waals surface area contributed by atoms with Crippen molar-refractivity contribution in [2.24, 2.45) is 0 Å². The minimum Gasteiger partial charge on any atom is -0.507 e. The van der Waals surface area contributed by atoms with Crippen LogP contribution in [0.15, 0.2) is 72.6 Å². The van der Waals surface area contributed by atoms with E-state index in [4.69, 9.17) is 23.2 Å². The van der Waals surface area contributed by atoms with Crippen molar-refractivity contribution in [2.75, 3.05) is 4.90 Å². The van der Waals surface area contributed by atoms with E-state index in [1.54, 1.807) is 73.9 Å². The van der Waals surface area contributed by atoms with Crippen molar-refractivity contribution in [2.45, 2.75) is 13.0 Å². The summed E-state index contributed by atoms with van der Waals surface area (Å²) < 4.78 is 0. The van der Waals surface area contributed by atoms with Gasteiger partial charge in [-0.25, -0.2) is 0 Å². The molecule has 0 aliphatic carbocycles. The minimum absolute atomic E-state index is 0.0188. The number of pyridine rings is 1. The molecular formula is C23H16Cl2N2O3. The fourth-order valence-corrected chi connectivity index (χ4v) is 3.85. The van der Waals surface area contributed by atoms with Crippen LogP contribution in [0.5, 0.6) is 0 Å². The number of nitrogens with zero attached hydrogens (tertiary/aromatic N) is 2. The molecule has 0 spiro atoms. The average molecular weight is 439 g/mol. The number of amides is 1. The van der Waals surface area contributed by atoms with E-state index < -0.39 is 17.7 Å². The molecule has 1 aromatic heterocycles. The lowest BCUT2D eigenvalue weighted by Crippen LogP contribution is -2.30. The Labute approximate surface area is 183 Å². The Morgan fingerprint density at radius 3 is 2.43 bits per heavy atom. The highest BCUT2D eigenvalue weighted by atomic mass is 35.5. The van der Waals surface area contributed by atoms with Gasteiger partial charge in [0.1, 0.15) is 5.76 Å². The Hall–Kier alpha value is -3.15. The van der Waals surface area contributed by atoms with E-state index >= 15 is 0 Å². The maximum absolute atomic E-state index is 13.1. The van der Waals surface area contributed by atoms with Gasteiger partial charge in [-0.3, -0.25) is 19.5 Å². The molecule has 30 heavy (non-hydrogen) atoms. The van der Waals surface area contributed by atoms with Crippen molar-refractivity contribution in [3.05, 3.63) is 99.3 Å². The second-order valence-corrected chi connectivity index (χ2v) is 7.69. The number of carbonyl (C=O) groups is 2. The average Bonchev–Trinajstić information content (AvgIpc) is 3.01. The molecule has 1 amide bonds. The van der Waals surface area contributed by atoms with Gasteiger partial charge < -0.3 is 5.11 Å². The molecule has 7 heteroatoms. The van der Waals surface area contributed by atoms with Crippen LogP contribution in [0.2, 0.25) is 10.0 Å². The van der Waals surface area contributed by atoms with E-state index in [0.29, 0.717) is 32.4 Å². The number of carbonyl (C=O) groups excluding carboxylic acids is 2. The van der Waals surface area contributed by atoms with Gasteiger partial charge in [-0.1, -0.05) is 35.3 Å². The quantitative estimate of drug-likeness (QED) is 0.341. The standard InChI is InChI=1S/C23H16Cl2N2O3/c1-13-17(25)5-2-6-18(13)27-20(15-4-3-11-26-12-15)19(22(29)23(27)30)21(28)14-7-9-16(24)10-8-14/h2-12,20,28H,1H3/b21-19+. The van der Waals surface area contributed by atoms with E-state index in [-0.39, 0.29) is 11.3 Å². The first-order chi connectivity index (χ1) is 14.4. The molecular weight excluding hydrogens is 423 g/mol. The number of aromatic nitrogens is 1. The molecule has 2 aromatic carbocycles. The molecule has 150 valence electrons. The number of aliphatic hydroxyl groups is 1. The van der Waals surface area contributed by atoms with Gasteiger partial charge in [-0.2, -0.15) is 0 Å². The summed E-state index contributed by atoms with van der Waals surface area (Å²) in [6.07, 6.45) is 3.16. The lowest BCUT2D eigenvalue weighted by atomic mass is 9.96. The zero-order chi connectivity index (χ0) is 21.4. The summed E-state index contributed by atoms with van der Waals surface area (Å²) in [5.74, 6) is -1.80. The third kappa shape index (κ3) is 3.36. The van der Waals surface area contributed by atoms with Crippen molar-refractivity contribution in [1.82, 2.24) is 4.98 Å². The van der Waals surface area contributed by atoms with E-state index in [0.717, 1.165) is 0 Å². The van der Waals surface area contributed by atoms with Crippen molar-refractivity contribution in [3.8, 4) is 0 Å². The largest absolute Gasteiger partial charge is 0.507 e. The van der Waals surface area contributed by atoms with E-state index in [1.165, 1.54) is 4.90 Å². The number of halogens is 2. The number of Topliss-reactive ketones (excluding diaryl/α,β-unsaturated/α-hetero) is 1. The molecule has 0 radical (unpaired) electrons. The van der Waals surface area contributed by atoms with Gasteiger partial charge in [0.25, 0.3) is 11.7 Å². The molecule has 1 saturated heterocycles. The summed E-state index contributed by atoms with van der Waals surface area (Å²) in [4.78, 5) is 31.7. The summed E-state index contributed by atoms with van der Waals surface area (Å²) in [6.45, 7) is 1.77. The molecule has 0 saturated carbocycles. The van der Waals surface area contributed by atoms with Gasteiger partial charge in [-0.05, 0) is 60.5 Å². The first-order valence-electron chi connectivity index (χ1n) is 9.12. The number of rotatable bonds is 3. The third-order valence-electron chi connectivity index (χ3n) is 5.06. The van der Waals surface area contributed by atoms with Crippen LogP contribution in [-0.4, -0.2) is 21.8 Å². The maximum Gasteiger partial charge on any atom is 0.300 e. The number of aliphatic hydroxyl groups excluding tert-OH is 1. The zero-order valence-electron chi connectivity index (χ0n) is 15.8. The summed E-state index contributed by atoms with van der Waals surface area (Å²) in [6, 6.07) is 14.2. The molecule has 1 aliphatic rings. The second kappa shape index (κ2) is 7.94. The van der Waals surface area contributed by atoms with Gasteiger partial charge in [0.2, 0.25) is 0 Å². The molecule has 0 bridgehead atoms. The Morgan fingerprint density at radius 2 is 1.77 bits per heavy atom. The van der Waals surface area contributed by atoms with Crippen LogP contribution in [0.3, 0.4) is 0 Å². The molecule has 3 aromatic rings. The molecule has 1 aliphatic heterocycles. The number of hydrogen-bond donors (Lipinski definition) is 1. The van der Waals surface area contributed by atoms with Crippen LogP contribution < -0.4 is 4.90 Å². The fourth-order valence-electron chi connectivity index (χ4n) is 3.55. The van der Waals surface area contributed by atoms with Crippen molar-refractivity contribution in [3.63, 3.8) is 0 Å². The van der Waals surface area contributed by atoms with Crippen LogP contribution in [-0.2, 0) is 9.59 Å². The topological polar surface area (TPSA) is 70.5 Å². The normalized spacial score (nSPS) is 18.1. The first-order valence-corrected chi connectivity index (χ1v) is 9.87. The lowest BCUT2D eigenvalue weighted by molar-refractivity contribution is -0.132. The summed E-state index contributed by atoms with van der Waals surface area (Å²) >= 11 is 12.2. The van der Waals surface area contributed by atoms with E-state index in [2.05, 4.69) is 4.98 Å². The summed E-state index contributed by atoms with van der Waals surface area (Å²) in [5.41, 5.74) is 2.10. The SMILES string of the molecule is Cc1c(Cl)cccc1N1C(=O)C(=O)/C(=C(/O)c2ccc(Cl)cc2)C1c1cccnc1. The van der Waals surface area contributed by atoms with Crippen molar-refractivity contribution >= 4 is 46.3 Å². The van der Waals surface area contributed by atoms with E-state index in [9.17, 15) is 14.7 Å². The predicted molar refractivity (Wildman–Crippen MR) is 117 cm³/mol. The lowest BCUT2D eigenvalue weighted by Gasteiger charge is -2.26. The summed E-state index contributed by atoms with van der Waals surface area (Å²) in [5, 5.41) is 12.0. The number of benzene rings is 2. The fraction of sp³-hybridized carbons (Fsp3) is 0.0870. The van der Waals surface area contributed by atoms with Gasteiger partial charge >= 0.3 is 0 Å². The monoisotopic (exact) mass is 438 g/mol. The maximum atomic E-state index is 13.1. The molecule has 5 nitrogen and oxygen atoms in total. The van der Waals surface area contributed by atoms with Crippen molar-refractivity contribution < 1.29 is 14.7 Å². The Morgan fingerprint density at radius 1 is 1.03 bits per heavy atom. The Bertz CT molecular complexity index is 1170. The molecule has 1 atom stereocenters. The number of ketones is 1. The van der Waals surface area contributed by atoms with Crippen LogP contribution in [0.4, 0.5) is 5.69 Å². The smallest absolute Gasteiger partial charge is 0.300 e. The van der Waals surface area contributed by atoms with Gasteiger partial charge in [0.15, 0.2) is 0 Å². The van der Waals surface area contributed by atoms with Crippen LogP contribution in [0.1, 0.15) is 22.7 Å². The molecule has 1 N–H and O–H groups in total. The van der Waals surface area contributed by atoms with Crippen LogP contribution >= 0.6 is 23.2 Å². The first kappa shape index (κ1) is 20.1. The highest BCUT2D eigenvalue weighted by Gasteiger charge is 2.47. The Kier molecular flexibility index (Phi) is 5.33. The third-order valence-corrected chi connectivity index (χ3v) is 5.72. The van der Waals surface area contributed by atoms with Crippen LogP contribution in [0.25, 0.3) is 5.76 Å². The van der Waals surface area contributed by atoms with Gasteiger partial charge in [0.05, 0.1) is 11.6 Å². The molecule has 2 heterocycles. The molecule has 1 unspecified atom stereocenters. The zero-order valence-corrected chi connectivity index (χ0v) is 17.4. The highest BCUT2D eigenvalue weighted by molar-refractivity contribution is 6.52. The summed E-state index contributed by atoms with van der Waals surface area (Å²) in [7, 11) is 0. The van der Waals surface area contributed by atoms with Crippen molar-refractivity contribution in [1.29, 1.82) is 0 Å². The second-order valence-electron chi connectivity index (χ2n) is 6.85. The van der Waals surface area contributed by atoms with Gasteiger partial charge in [-0.15, -0.1) is 0 Å². The highest BCUT2D eigenvalue weighted by Crippen LogP contribution is 2.43. The number of anilines is 1. The van der Waals surface area contributed by atoms with E-state index in [1.807, 2.05) is 0 Å². The molecule has 4 rings (SSSR count). The molecule has 1 fully saturated rings. The predicted octanol–water partition coefficient (Wildman–Crippen LogP) is 5.32. The van der Waals surface area contributed by atoms with Gasteiger partial charge in [0, 0.05) is 33.7 Å². The minimum atomic E-state index is -0.855. The van der Waals surface area contributed by atoms with Crippen LogP contribution in [0, 0.1) is 6.92 Å². The Balaban J connectivity index is 1.97. The number of hydrogen-bond acceptors (Lipinski definition) is 4.